The predicted molar refractivity (Wildman–Crippen MR) is 67.6 cm³/mol. The largest absolute Gasteiger partial charge is 0.478 e. The molecule has 0 unspecified atom stereocenters. The number of carbonyl (C=O) groups is 1. The fourth-order valence-electron chi connectivity index (χ4n) is 1.60. The zero-order valence-electron chi connectivity index (χ0n) is 10.0. The molecule has 0 atom stereocenters. The van der Waals surface area contributed by atoms with Gasteiger partial charge in [-0.2, -0.15) is 0 Å². The third-order valence-corrected chi connectivity index (χ3v) is 2.55. The van der Waals surface area contributed by atoms with E-state index in [0.29, 0.717) is 13.0 Å². The minimum Gasteiger partial charge on any atom is -0.478 e. The van der Waals surface area contributed by atoms with Gasteiger partial charge in [0, 0.05) is 25.1 Å². The summed E-state index contributed by atoms with van der Waals surface area (Å²) in [5, 5.41) is 11.6. The second kappa shape index (κ2) is 5.90. The summed E-state index contributed by atoms with van der Waals surface area (Å²) in [6.45, 7) is 0.443. The Morgan fingerprint density at radius 3 is 2.89 bits per heavy atom. The molecule has 2 aromatic rings. The first-order chi connectivity index (χ1) is 9.18. The first-order valence-corrected chi connectivity index (χ1v) is 5.69. The number of nitrogens with zero attached hydrogens (tertiary/aromatic N) is 2. The Labute approximate surface area is 109 Å². The van der Waals surface area contributed by atoms with Gasteiger partial charge < -0.3 is 10.4 Å². The molecule has 0 saturated heterocycles. The van der Waals surface area contributed by atoms with Crippen molar-refractivity contribution in [3.63, 3.8) is 0 Å². The van der Waals surface area contributed by atoms with E-state index in [2.05, 4.69) is 15.3 Å². The van der Waals surface area contributed by atoms with Crippen molar-refractivity contribution in [1.82, 2.24) is 9.97 Å². The smallest absolute Gasteiger partial charge is 0.338 e. The van der Waals surface area contributed by atoms with Crippen LogP contribution in [0.3, 0.4) is 0 Å². The number of aromatic nitrogens is 2. The van der Waals surface area contributed by atoms with Crippen LogP contribution in [0.4, 0.5) is 10.2 Å². The highest BCUT2D eigenvalue weighted by atomic mass is 19.1. The average molecular weight is 261 g/mol. The van der Waals surface area contributed by atoms with Crippen LogP contribution in [0, 0.1) is 5.82 Å². The lowest BCUT2D eigenvalue weighted by atomic mass is 10.2. The molecule has 0 saturated carbocycles. The maximum Gasteiger partial charge on any atom is 0.338 e. The Morgan fingerprint density at radius 2 is 2.21 bits per heavy atom. The molecule has 0 amide bonds. The molecule has 0 radical (unpaired) electrons. The van der Waals surface area contributed by atoms with Gasteiger partial charge in [-0.1, -0.05) is 6.07 Å². The minimum atomic E-state index is -1.31. The first kappa shape index (κ1) is 12.9. The van der Waals surface area contributed by atoms with Crippen LogP contribution in [0.15, 0.2) is 36.8 Å². The number of halogens is 1. The molecule has 0 aromatic carbocycles. The molecule has 0 bridgehead atoms. The molecule has 2 N–H and O–H groups in total. The van der Waals surface area contributed by atoms with Gasteiger partial charge in [-0.3, -0.25) is 4.98 Å². The SMILES string of the molecule is O=C(O)c1ccnc(NCCc2cccnc2)c1F. The summed E-state index contributed by atoms with van der Waals surface area (Å²) >= 11 is 0. The number of anilines is 1. The van der Waals surface area contributed by atoms with Crippen molar-refractivity contribution in [3.05, 3.63) is 53.7 Å². The molecular formula is C13H12FN3O2. The van der Waals surface area contributed by atoms with Gasteiger partial charge in [-0.25, -0.2) is 14.2 Å². The highest BCUT2D eigenvalue weighted by Crippen LogP contribution is 2.14. The van der Waals surface area contributed by atoms with Crippen molar-refractivity contribution >= 4 is 11.8 Å². The van der Waals surface area contributed by atoms with Gasteiger partial charge >= 0.3 is 5.97 Å². The van der Waals surface area contributed by atoms with Gasteiger partial charge in [0.15, 0.2) is 11.6 Å². The number of hydrogen-bond acceptors (Lipinski definition) is 4. The van der Waals surface area contributed by atoms with Gasteiger partial charge in [0.25, 0.3) is 0 Å². The lowest BCUT2D eigenvalue weighted by Crippen LogP contribution is -2.11. The molecule has 98 valence electrons. The third-order valence-electron chi connectivity index (χ3n) is 2.55. The van der Waals surface area contributed by atoms with Crippen LogP contribution >= 0.6 is 0 Å². The minimum absolute atomic E-state index is 0.0520. The second-order valence-corrected chi connectivity index (χ2v) is 3.86. The van der Waals surface area contributed by atoms with Crippen molar-refractivity contribution in [3.8, 4) is 0 Å². The van der Waals surface area contributed by atoms with E-state index >= 15 is 0 Å². The number of hydrogen-bond donors (Lipinski definition) is 2. The molecule has 0 aliphatic rings. The summed E-state index contributed by atoms with van der Waals surface area (Å²) in [7, 11) is 0. The standard InChI is InChI=1S/C13H12FN3O2/c14-11-10(13(18)19)4-7-17-12(11)16-6-3-9-2-1-5-15-8-9/h1-2,4-5,7-8H,3,6H2,(H,16,17)(H,18,19). The Balaban J connectivity index is 2.00. The number of pyridine rings is 2. The summed E-state index contributed by atoms with van der Waals surface area (Å²) in [6, 6.07) is 4.86. The maximum atomic E-state index is 13.7. The fraction of sp³-hybridized carbons (Fsp3) is 0.154. The molecule has 19 heavy (non-hydrogen) atoms. The van der Waals surface area contributed by atoms with E-state index in [1.807, 2.05) is 12.1 Å². The zero-order chi connectivity index (χ0) is 13.7. The van der Waals surface area contributed by atoms with Crippen molar-refractivity contribution < 1.29 is 14.3 Å². The van der Waals surface area contributed by atoms with Gasteiger partial charge in [0.1, 0.15) is 5.56 Å². The van der Waals surface area contributed by atoms with Gasteiger partial charge in [-0.05, 0) is 24.1 Å². The Bertz CT molecular complexity index is 575. The van der Waals surface area contributed by atoms with Crippen molar-refractivity contribution in [2.75, 3.05) is 11.9 Å². The van der Waals surface area contributed by atoms with E-state index in [0.717, 1.165) is 11.6 Å². The van der Waals surface area contributed by atoms with E-state index in [-0.39, 0.29) is 11.4 Å². The van der Waals surface area contributed by atoms with Crippen LogP contribution in [0.5, 0.6) is 0 Å². The number of aromatic carboxylic acids is 1. The maximum absolute atomic E-state index is 13.7. The van der Waals surface area contributed by atoms with E-state index in [1.165, 1.54) is 6.20 Å². The van der Waals surface area contributed by atoms with Crippen LogP contribution in [-0.2, 0) is 6.42 Å². The molecule has 6 heteroatoms. The van der Waals surface area contributed by atoms with E-state index in [4.69, 9.17) is 5.11 Å². The number of rotatable bonds is 5. The van der Waals surface area contributed by atoms with E-state index in [9.17, 15) is 9.18 Å². The van der Waals surface area contributed by atoms with E-state index in [1.54, 1.807) is 12.4 Å². The number of carboxylic acid groups (broad SMARTS) is 1. The molecule has 0 aliphatic carbocycles. The second-order valence-electron chi connectivity index (χ2n) is 3.86. The van der Waals surface area contributed by atoms with Crippen LogP contribution in [0.25, 0.3) is 0 Å². The Hall–Kier alpha value is -2.50. The molecule has 0 aliphatic heterocycles. The van der Waals surface area contributed by atoms with Crippen LogP contribution < -0.4 is 5.32 Å². The molecule has 2 heterocycles. The van der Waals surface area contributed by atoms with Gasteiger partial charge in [-0.15, -0.1) is 0 Å². The highest BCUT2D eigenvalue weighted by Gasteiger charge is 2.14. The lowest BCUT2D eigenvalue weighted by molar-refractivity contribution is 0.0692. The van der Waals surface area contributed by atoms with Gasteiger partial charge in [0.2, 0.25) is 0 Å². The normalized spacial score (nSPS) is 10.2. The lowest BCUT2D eigenvalue weighted by Gasteiger charge is -2.07. The van der Waals surface area contributed by atoms with Gasteiger partial charge in [0.05, 0.1) is 0 Å². The number of carboxylic acids is 1. The average Bonchev–Trinajstić information content (AvgIpc) is 2.41. The van der Waals surface area contributed by atoms with Crippen LogP contribution in [0.1, 0.15) is 15.9 Å². The Kier molecular flexibility index (Phi) is 4.02. The molecular weight excluding hydrogens is 249 g/mol. The molecule has 5 nitrogen and oxygen atoms in total. The number of nitrogens with one attached hydrogen (secondary N) is 1. The van der Waals surface area contributed by atoms with Crippen LogP contribution in [0.2, 0.25) is 0 Å². The Morgan fingerprint density at radius 1 is 1.37 bits per heavy atom. The first-order valence-electron chi connectivity index (χ1n) is 5.69. The third kappa shape index (κ3) is 3.25. The molecule has 2 aromatic heterocycles. The quantitative estimate of drug-likeness (QED) is 0.860. The summed E-state index contributed by atoms with van der Waals surface area (Å²) in [4.78, 5) is 18.5. The highest BCUT2D eigenvalue weighted by molar-refractivity contribution is 5.88. The van der Waals surface area contributed by atoms with Crippen molar-refractivity contribution in [1.29, 1.82) is 0 Å². The summed E-state index contributed by atoms with van der Waals surface area (Å²) in [5.74, 6) is -2.21. The van der Waals surface area contributed by atoms with Crippen LogP contribution in [-0.4, -0.2) is 27.6 Å². The van der Waals surface area contributed by atoms with E-state index < -0.39 is 11.8 Å². The zero-order valence-corrected chi connectivity index (χ0v) is 10.0. The molecule has 2 rings (SSSR count). The predicted octanol–water partition coefficient (Wildman–Crippen LogP) is 1.97. The molecule has 0 spiro atoms. The summed E-state index contributed by atoms with van der Waals surface area (Å²) in [6.07, 6.45) is 5.30. The fourth-order valence-corrected chi connectivity index (χ4v) is 1.60. The molecule has 0 fully saturated rings. The van der Waals surface area contributed by atoms with Crippen molar-refractivity contribution in [2.45, 2.75) is 6.42 Å². The summed E-state index contributed by atoms with van der Waals surface area (Å²) < 4.78 is 13.7. The summed E-state index contributed by atoms with van der Waals surface area (Å²) in [5.41, 5.74) is 0.615. The van der Waals surface area contributed by atoms with Crippen molar-refractivity contribution in [2.24, 2.45) is 0 Å². The topological polar surface area (TPSA) is 75.1 Å². The monoisotopic (exact) mass is 261 g/mol.